The minimum absolute atomic E-state index is 0.00489. The summed E-state index contributed by atoms with van der Waals surface area (Å²) < 4.78 is 0. The third-order valence-electron chi connectivity index (χ3n) is 2.03. The zero-order valence-corrected chi connectivity index (χ0v) is 10.1. The fourth-order valence-corrected chi connectivity index (χ4v) is 1.14. The van der Waals surface area contributed by atoms with Crippen LogP contribution >= 0.6 is 0 Å². The van der Waals surface area contributed by atoms with Gasteiger partial charge in [0.15, 0.2) is 0 Å². The van der Waals surface area contributed by atoms with Crippen molar-refractivity contribution in [3.63, 3.8) is 0 Å². The molecule has 0 spiro atoms. The number of rotatable bonds is 5. The molecular formula is C11H14N4O3. The molecule has 0 fully saturated rings. The molecule has 96 valence electrons. The maximum Gasteiger partial charge on any atom is 0.271 e. The van der Waals surface area contributed by atoms with Crippen molar-refractivity contribution in [3.8, 4) is 0 Å². The number of carbonyl (C=O) groups is 1. The van der Waals surface area contributed by atoms with E-state index in [0.29, 0.717) is 17.9 Å². The van der Waals surface area contributed by atoms with Gasteiger partial charge in [0.05, 0.1) is 22.9 Å². The van der Waals surface area contributed by atoms with Gasteiger partial charge in [-0.2, -0.15) is 5.10 Å². The van der Waals surface area contributed by atoms with E-state index in [0.717, 1.165) is 0 Å². The highest BCUT2D eigenvalue weighted by molar-refractivity contribution is 5.88. The molecule has 0 aliphatic rings. The molecule has 1 aromatic carbocycles. The Morgan fingerprint density at radius 3 is 2.78 bits per heavy atom. The van der Waals surface area contributed by atoms with Gasteiger partial charge in [0.1, 0.15) is 0 Å². The number of amides is 1. The molecule has 0 unspecified atom stereocenters. The average Bonchev–Trinajstić information content (AvgIpc) is 2.34. The van der Waals surface area contributed by atoms with Crippen LogP contribution in [0.25, 0.3) is 0 Å². The first-order valence-electron chi connectivity index (χ1n) is 5.27. The van der Waals surface area contributed by atoms with Crippen LogP contribution in [0.1, 0.15) is 13.8 Å². The average molecular weight is 250 g/mol. The number of nitrogens with zero attached hydrogens (tertiary/aromatic N) is 2. The number of anilines is 1. The van der Waals surface area contributed by atoms with Gasteiger partial charge in [-0.1, -0.05) is 6.07 Å². The van der Waals surface area contributed by atoms with Crippen molar-refractivity contribution < 1.29 is 9.72 Å². The molecule has 0 bridgehead atoms. The summed E-state index contributed by atoms with van der Waals surface area (Å²) in [5.41, 5.74) is 3.87. The van der Waals surface area contributed by atoms with E-state index in [4.69, 9.17) is 0 Å². The van der Waals surface area contributed by atoms with Crippen molar-refractivity contribution in [1.29, 1.82) is 0 Å². The molecule has 0 aliphatic carbocycles. The van der Waals surface area contributed by atoms with E-state index >= 15 is 0 Å². The molecule has 1 rings (SSSR count). The van der Waals surface area contributed by atoms with Crippen LogP contribution in [0, 0.1) is 10.1 Å². The number of hydrogen-bond acceptors (Lipinski definition) is 5. The summed E-state index contributed by atoms with van der Waals surface area (Å²) in [7, 11) is 0. The lowest BCUT2D eigenvalue weighted by Gasteiger charge is -2.03. The molecule has 0 aliphatic heterocycles. The number of nitro benzene ring substituents is 1. The zero-order chi connectivity index (χ0) is 13.5. The summed E-state index contributed by atoms with van der Waals surface area (Å²) >= 11 is 0. The van der Waals surface area contributed by atoms with E-state index in [1.165, 1.54) is 19.1 Å². The number of benzene rings is 1. The predicted molar refractivity (Wildman–Crippen MR) is 68.5 cm³/mol. The normalized spacial score (nSPS) is 10.9. The molecule has 1 amide bonds. The van der Waals surface area contributed by atoms with E-state index in [1.807, 2.05) is 0 Å². The fraction of sp³-hybridized carbons (Fsp3) is 0.273. The van der Waals surface area contributed by atoms with Crippen LogP contribution in [-0.4, -0.2) is 23.1 Å². The summed E-state index contributed by atoms with van der Waals surface area (Å²) in [4.78, 5) is 20.8. The quantitative estimate of drug-likeness (QED) is 0.470. The van der Waals surface area contributed by atoms with Gasteiger partial charge >= 0.3 is 0 Å². The van der Waals surface area contributed by atoms with E-state index in [-0.39, 0.29) is 11.6 Å². The molecule has 0 atom stereocenters. The van der Waals surface area contributed by atoms with Crippen molar-refractivity contribution in [3.05, 3.63) is 34.4 Å². The highest BCUT2D eigenvalue weighted by atomic mass is 16.6. The molecule has 0 saturated carbocycles. The molecule has 2 N–H and O–H groups in total. The maximum atomic E-state index is 10.7. The Morgan fingerprint density at radius 1 is 1.44 bits per heavy atom. The van der Waals surface area contributed by atoms with Crippen molar-refractivity contribution in [1.82, 2.24) is 5.32 Å². The topological polar surface area (TPSA) is 96.6 Å². The van der Waals surface area contributed by atoms with Crippen molar-refractivity contribution in [2.75, 3.05) is 12.0 Å². The second kappa shape index (κ2) is 6.33. The number of carbonyl (C=O) groups excluding carboxylic acids is 1. The van der Waals surface area contributed by atoms with Gasteiger partial charge < -0.3 is 5.32 Å². The third-order valence-corrected chi connectivity index (χ3v) is 2.03. The van der Waals surface area contributed by atoms with Gasteiger partial charge in [0, 0.05) is 19.1 Å². The van der Waals surface area contributed by atoms with E-state index in [9.17, 15) is 14.9 Å². The number of hydrazone groups is 1. The number of hydrogen-bond donors (Lipinski definition) is 2. The smallest absolute Gasteiger partial charge is 0.271 e. The maximum absolute atomic E-state index is 10.7. The summed E-state index contributed by atoms with van der Waals surface area (Å²) in [5.74, 6) is -0.139. The summed E-state index contributed by atoms with van der Waals surface area (Å²) in [6, 6.07) is 6.02. The Morgan fingerprint density at radius 2 is 2.17 bits per heavy atom. The molecule has 0 saturated heterocycles. The van der Waals surface area contributed by atoms with Gasteiger partial charge in [0.25, 0.3) is 5.69 Å². The first-order chi connectivity index (χ1) is 8.49. The second-order valence-electron chi connectivity index (χ2n) is 3.68. The molecular weight excluding hydrogens is 236 g/mol. The van der Waals surface area contributed by atoms with Gasteiger partial charge in [-0.15, -0.1) is 0 Å². The zero-order valence-electron chi connectivity index (χ0n) is 10.1. The first kappa shape index (κ1) is 13.6. The molecule has 0 heterocycles. The Hall–Kier alpha value is -2.44. The van der Waals surface area contributed by atoms with Gasteiger partial charge in [0.2, 0.25) is 5.91 Å². The highest BCUT2D eigenvalue weighted by Crippen LogP contribution is 2.16. The number of non-ortho nitro benzene ring substituents is 1. The first-order valence-corrected chi connectivity index (χ1v) is 5.27. The minimum Gasteiger partial charge on any atom is -0.351 e. The second-order valence-corrected chi connectivity index (χ2v) is 3.68. The van der Waals surface area contributed by atoms with Crippen molar-refractivity contribution >= 4 is 23.0 Å². The fourth-order valence-electron chi connectivity index (χ4n) is 1.14. The lowest BCUT2D eigenvalue weighted by Crippen LogP contribution is -2.26. The van der Waals surface area contributed by atoms with Crippen LogP contribution in [0.5, 0.6) is 0 Å². The van der Waals surface area contributed by atoms with Crippen molar-refractivity contribution in [2.45, 2.75) is 13.8 Å². The molecule has 18 heavy (non-hydrogen) atoms. The summed E-state index contributed by atoms with van der Waals surface area (Å²) in [6.45, 7) is 3.48. The van der Waals surface area contributed by atoms with Crippen LogP contribution in [0.4, 0.5) is 11.4 Å². The lowest BCUT2D eigenvalue weighted by molar-refractivity contribution is -0.384. The van der Waals surface area contributed by atoms with Crippen LogP contribution < -0.4 is 10.7 Å². The Labute approximate surface area is 104 Å². The third kappa shape index (κ3) is 4.60. The lowest BCUT2D eigenvalue weighted by atomic mass is 10.3. The van der Waals surface area contributed by atoms with E-state index < -0.39 is 4.92 Å². The van der Waals surface area contributed by atoms with E-state index in [1.54, 1.807) is 19.1 Å². The van der Waals surface area contributed by atoms with E-state index in [2.05, 4.69) is 15.8 Å². The SMILES string of the molecule is CC(=O)NC/C(C)=N/Nc1cccc([N+](=O)[O-])c1. The highest BCUT2D eigenvalue weighted by Gasteiger charge is 2.04. The predicted octanol–water partition coefficient (Wildman–Crippen LogP) is 1.52. The van der Waals surface area contributed by atoms with Crippen LogP contribution in [0.2, 0.25) is 0 Å². The Balaban J connectivity index is 2.62. The van der Waals surface area contributed by atoms with Gasteiger partial charge in [-0.05, 0) is 13.0 Å². The number of nitrogens with one attached hydrogen (secondary N) is 2. The van der Waals surface area contributed by atoms with Crippen LogP contribution in [0.3, 0.4) is 0 Å². The molecule has 7 heteroatoms. The largest absolute Gasteiger partial charge is 0.351 e. The standard InChI is InChI=1S/C11H14N4O3/c1-8(7-12-9(2)16)13-14-10-4-3-5-11(6-10)15(17)18/h3-6,14H,7H2,1-2H3,(H,12,16)/b13-8+. The minimum atomic E-state index is -0.473. The Bertz CT molecular complexity index is 485. The molecule has 7 nitrogen and oxygen atoms in total. The Kier molecular flexibility index (Phi) is 4.79. The summed E-state index contributed by atoms with van der Waals surface area (Å²) in [5, 5.41) is 17.2. The number of nitro groups is 1. The summed E-state index contributed by atoms with van der Waals surface area (Å²) in [6.07, 6.45) is 0. The molecule has 0 radical (unpaired) electrons. The van der Waals surface area contributed by atoms with Gasteiger partial charge in [-0.25, -0.2) is 0 Å². The van der Waals surface area contributed by atoms with Crippen LogP contribution in [0.15, 0.2) is 29.4 Å². The molecule has 0 aromatic heterocycles. The molecule has 1 aromatic rings. The van der Waals surface area contributed by atoms with Crippen molar-refractivity contribution in [2.24, 2.45) is 5.10 Å². The van der Waals surface area contributed by atoms with Gasteiger partial charge in [-0.3, -0.25) is 20.3 Å². The monoisotopic (exact) mass is 250 g/mol. The van der Waals surface area contributed by atoms with Crippen LogP contribution in [-0.2, 0) is 4.79 Å².